The third-order valence-corrected chi connectivity index (χ3v) is 3.23. The molecule has 0 spiro atoms. The maximum Gasteiger partial charge on any atom is 0.0596 e. The summed E-state index contributed by atoms with van der Waals surface area (Å²) in [5, 5.41) is 9.38. The molecule has 52 valence electrons. The summed E-state index contributed by atoms with van der Waals surface area (Å²) in [6, 6.07) is 0. The van der Waals surface area contributed by atoms with Crippen LogP contribution in [0.15, 0.2) is 0 Å². The molecule has 9 heavy (non-hydrogen) atoms. The lowest BCUT2D eigenvalue weighted by atomic mass is 9.64. The molecule has 0 aliphatic heterocycles. The van der Waals surface area contributed by atoms with E-state index in [1.54, 1.807) is 0 Å². The van der Waals surface area contributed by atoms with Crippen molar-refractivity contribution in [2.75, 3.05) is 0 Å². The zero-order chi connectivity index (χ0) is 6.48. The Balaban J connectivity index is 2.04. The predicted molar refractivity (Wildman–Crippen MR) is 36.1 cm³/mol. The Morgan fingerprint density at radius 1 is 1.33 bits per heavy atom. The van der Waals surface area contributed by atoms with Crippen LogP contribution in [0.1, 0.15) is 32.6 Å². The molecule has 1 heteroatoms. The number of hydrogen-bond acceptors (Lipinski definition) is 1. The largest absolute Gasteiger partial charge is 0.393 e. The predicted octanol–water partition coefficient (Wildman–Crippen LogP) is 1.56. The van der Waals surface area contributed by atoms with E-state index in [1.165, 1.54) is 19.3 Å². The average molecular weight is 126 g/mol. The first-order valence-corrected chi connectivity index (χ1v) is 3.91. The van der Waals surface area contributed by atoms with Gasteiger partial charge in [-0.15, -0.1) is 0 Å². The number of aliphatic hydroxyl groups excluding tert-OH is 1. The molecular weight excluding hydrogens is 112 g/mol. The summed E-state index contributed by atoms with van der Waals surface area (Å²) in [5.41, 5.74) is 0.347. The highest BCUT2D eigenvalue weighted by molar-refractivity contribution is 5.01. The van der Waals surface area contributed by atoms with Crippen LogP contribution in [-0.4, -0.2) is 11.2 Å². The van der Waals surface area contributed by atoms with Gasteiger partial charge in [-0.25, -0.2) is 0 Å². The van der Waals surface area contributed by atoms with Gasteiger partial charge < -0.3 is 5.11 Å². The summed E-state index contributed by atoms with van der Waals surface area (Å²) in [6.07, 6.45) is 5.08. The molecule has 2 aliphatic carbocycles. The topological polar surface area (TPSA) is 20.2 Å². The molecule has 2 aliphatic rings. The molecule has 0 saturated heterocycles. The molecule has 0 aromatic carbocycles. The Kier molecular flexibility index (Phi) is 0.963. The lowest BCUT2D eigenvalue weighted by Gasteiger charge is -2.44. The van der Waals surface area contributed by atoms with Crippen LogP contribution in [0.2, 0.25) is 0 Å². The quantitative estimate of drug-likeness (QED) is 0.565. The Hall–Kier alpha value is -0.0400. The van der Waals surface area contributed by atoms with Crippen LogP contribution >= 0.6 is 0 Å². The number of aliphatic hydroxyl groups is 1. The molecule has 0 bridgehead atoms. The van der Waals surface area contributed by atoms with Crippen LogP contribution in [0.3, 0.4) is 0 Å². The highest BCUT2D eigenvalue weighted by Gasteiger charge is 2.51. The van der Waals surface area contributed by atoms with E-state index in [1.807, 2.05) is 0 Å². The molecule has 2 unspecified atom stereocenters. The van der Waals surface area contributed by atoms with Gasteiger partial charge in [-0.3, -0.25) is 0 Å². The SMILES string of the molecule is CC1(C2CC2)CCC1O. The smallest absolute Gasteiger partial charge is 0.0596 e. The Labute approximate surface area is 56.1 Å². The van der Waals surface area contributed by atoms with Gasteiger partial charge in [0.2, 0.25) is 0 Å². The summed E-state index contributed by atoms with van der Waals surface area (Å²) >= 11 is 0. The maximum absolute atomic E-state index is 9.38. The van der Waals surface area contributed by atoms with E-state index in [4.69, 9.17) is 0 Å². The van der Waals surface area contributed by atoms with Crippen LogP contribution in [-0.2, 0) is 0 Å². The third kappa shape index (κ3) is 0.644. The van der Waals surface area contributed by atoms with Crippen LogP contribution in [0.5, 0.6) is 0 Å². The molecule has 2 saturated carbocycles. The van der Waals surface area contributed by atoms with Crippen molar-refractivity contribution in [3.63, 3.8) is 0 Å². The molecule has 2 fully saturated rings. The fourth-order valence-corrected chi connectivity index (χ4v) is 1.95. The minimum atomic E-state index is 0.0324. The van der Waals surface area contributed by atoms with E-state index in [0.717, 1.165) is 12.3 Å². The first-order valence-electron chi connectivity index (χ1n) is 3.91. The van der Waals surface area contributed by atoms with E-state index < -0.39 is 0 Å². The van der Waals surface area contributed by atoms with Crippen molar-refractivity contribution in [2.45, 2.75) is 38.7 Å². The van der Waals surface area contributed by atoms with Gasteiger partial charge in [0.05, 0.1) is 6.10 Å². The first kappa shape index (κ1) is 5.72. The Morgan fingerprint density at radius 3 is 2.11 bits per heavy atom. The van der Waals surface area contributed by atoms with E-state index >= 15 is 0 Å². The van der Waals surface area contributed by atoms with Crippen molar-refractivity contribution in [3.05, 3.63) is 0 Å². The second-order valence-electron chi connectivity index (χ2n) is 3.83. The van der Waals surface area contributed by atoms with Crippen LogP contribution < -0.4 is 0 Å². The monoisotopic (exact) mass is 126 g/mol. The standard InChI is InChI=1S/C8H14O/c1-8(6-2-3-6)5-4-7(8)9/h6-7,9H,2-5H2,1H3. The zero-order valence-corrected chi connectivity index (χ0v) is 5.93. The summed E-state index contributed by atoms with van der Waals surface area (Å²) < 4.78 is 0. The van der Waals surface area contributed by atoms with Crippen molar-refractivity contribution in [1.29, 1.82) is 0 Å². The highest BCUT2D eigenvalue weighted by Crippen LogP contribution is 2.56. The van der Waals surface area contributed by atoms with E-state index in [-0.39, 0.29) is 6.10 Å². The average Bonchev–Trinajstić information content (AvgIpc) is 2.64. The fraction of sp³-hybridized carbons (Fsp3) is 1.00. The van der Waals surface area contributed by atoms with E-state index in [9.17, 15) is 5.11 Å². The summed E-state index contributed by atoms with van der Waals surface area (Å²) in [7, 11) is 0. The lowest BCUT2D eigenvalue weighted by molar-refractivity contribution is -0.0668. The van der Waals surface area contributed by atoms with E-state index in [2.05, 4.69) is 6.92 Å². The van der Waals surface area contributed by atoms with Crippen LogP contribution in [0.4, 0.5) is 0 Å². The van der Waals surface area contributed by atoms with Gasteiger partial charge in [0.15, 0.2) is 0 Å². The summed E-state index contributed by atoms with van der Waals surface area (Å²) in [4.78, 5) is 0. The van der Waals surface area contributed by atoms with Crippen molar-refractivity contribution >= 4 is 0 Å². The van der Waals surface area contributed by atoms with Gasteiger partial charge >= 0.3 is 0 Å². The van der Waals surface area contributed by atoms with Crippen LogP contribution in [0, 0.1) is 11.3 Å². The van der Waals surface area contributed by atoms with Crippen LogP contribution in [0.25, 0.3) is 0 Å². The second kappa shape index (κ2) is 1.51. The van der Waals surface area contributed by atoms with Crippen molar-refractivity contribution < 1.29 is 5.11 Å². The van der Waals surface area contributed by atoms with Gasteiger partial charge in [-0.1, -0.05) is 6.92 Å². The molecular formula is C8H14O. The molecule has 0 aromatic heterocycles. The fourth-order valence-electron chi connectivity index (χ4n) is 1.95. The van der Waals surface area contributed by atoms with Gasteiger partial charge in [0, 0.05) is 0 Å². The second-order valence-corrected chi connectivity index (χ2v) is 3.83. The van der Waals surface area contributed by atoms with Gasteiger partial charge in [-0.2, -0.15) is 0 Å². The molecule has 2 atom stereocenters. The molecule has 0 aromatic rings. The summed E-state index contributed by atoms with van der Waals surface area (Å²) in [5.74, 6) is 0.876. The van der Waals surface area contributed by atoms with Crippen molar-refractivity contribution in [3.8, 4) is 0 Å². The highest BCUT2D eigenvalue weighted by atomic mass is 16.3. The van der Waals surface area contributed by atoms with Crippen molar-refractivity contribution in [1.82, 2.24) is 0 Å². The number of hydrogen-bond donors (Lipinski definition) is 1. The minimum absolute atomic E-state index is 0.0324. The van der Waals surface area contributed by atoms with E-state index in [0.29, 0.717) is 5.41 Å². The molecule has 2 rings (SSSR count). The third-order valence-electron chi connectivity index (χ3n) is 3.23. The zero-order valence-electron chi connectivity index (χ0n) is 5.93. The normalized spacial score (nSPS) is 50.7. The Morgan fingerprint density at radius 2 is 2.00 bits per heavy atom. The molecule has 0 radical (unpaired) electrons. The Bertz CT molecular complexity index is 125. The number of rotatable bonds is 1. The van der Waals surface area contributed by atoms with Gasteiger partial charge in [-0.05, 0) is 37.0 Å². The van der Waals surface area contributed by atoms with Gasteiger partial charge in [0.25, 0.3) is 0 Å². The molecule has 1 N–H and O–H groups in total. The van der Waals surface area contributed by atoms with Crippen molar-refractivity contribution in [2.24, 2.45) is 11.3 Å². The molecule has 0 amide bonds. The summed E-state index contributed by atoms with van der Waals surface area (Å²) in [6.45, 7) is 2.23. The lowest BCUT2D eigenvalue weighted by Crippen LogP contribution is -2.43. The maximum atomic E-state index is 9.38. The molecule has 1 nitrogen and oxygen atoms in total. The van der Waals surface area contributed by atoms with Gasteiger partial charge in [0.1, 0.15) is 0 Å². The minimum Gasteiger partial charge on any atom is -0.393 e. The first-order chi connectivity index (χ1) is 4.23. The molecule has 0 heterocycles.